The van der Waals surface area contributed by atoms with Gasteiger partial charge in [0.05, 0.1) is 14.2 Å². The van der Waals surface area contributed by atoms with E-state index in [0.717, 1.165) is 43.0 Å². The van der Waals surface area contributed by atoms with Gasteiger partial charge in [0.1, 0.15) is 17.1 Å². The highest BCUT2D eigenvalue weighted by atomic mass is 16.5. The van der Waals surface area contributed by atoms with Crippen LogP contribution in [0.3, 0.4) is 0 Å². The average molecular weight is 327 g/mol. The van der Waals surface area contributed by atoms with Gasteiger partial charge in [-0.25, -0.2) is 0 Å². The minimum atomic E-state index is -0.820. The van der Waals surface area contributed by atoms with Crippen molar-refractivity contribution in [3.05, 3.63) is 59.7 Å². The number of likely N-dealkylation sites (tertiary alicyclic amines) is 1. The maximum atomic E-state index is 11.2. The first-order valence-corrected chi connectivity index (χ1v) is 8.35. The van der Waals surface area contributed by atoms with Gasteiger partial charge in [-0.05, 0) is 54.8 Å². The van der Waals surface area contributed by atoms with Crippen molar-refractivity contribution >= 4 is 0 Å². The molecule has 0 saturated carbocycles. The van der Waals surface area contributed by atoms with Gasteiger partial charge in [0.2, 0.25) is 0 Å². The molecule has 4 nitrogen and oxygen atoms in total. The van der Waals surface area contributed by atoms with Gasteiger partial charge in [0, 0.05) is 13.1 Å². The Bertz CT molecular complexity index is 671. The third-order valence-electron chi connectivity index (χ3n) is 4.72. The fraction of sp³-hybridized carbons (Fsp3) is 0.400. The Morgan fingerprint density at radius 3 is 2.50 bits per heavy atom. The molecule has 3 rings (SSSR count). The third kappa shape index (κ3) is 3.71. The fourth-order valence-electron chi connectivity index (χ4n) is 3.40. The summed E-state index contributed by atoms with van der Waals surface area (Å²) >= 11 is 0. The summed E-state index contributed by atoms with van der Waals surface area (Å²) in [7, 11) is 3.33. The van der Waals surface area contributed by atoms with Gasteiger partial charge in [-0.2, -0.15) is 0 Å². The van der Waals surface area contributed by atoms with E-state index >= 15 is 0 Å². The normalized spacial score (nSPS) is 21.5. The molecule has 1 saturated heterocycles. The quantitative estimate of drug-likeness (QED) is 0.916. The standard InChI is InChI=1S/C20H25NO3/c1-23-18-9-7-16(8-10-18)14-21-12-4-11-20(22,15-21)17-5-3-6-19(13-17)24-2/h3,5-10,13,22H,4,11-12,14-15H2,1-2H3. The first kappa shape index (κ1) is 16.8. The SMILES string of the molecule is COc1ccc(CN2CCCC(O)(c3cccc(OC)c3)C2)cc1. The lowest BCUT2D eigenvalue weighted by molar-refractivity contribution is -0.0382. The molecule has 1 aliphatic rings. The van der Waals surface area contributed by atoms with Crippen molar-refractivity contribution in [1.82, 2.24) is 4.90 Å². The molecule has 0 aromatic heterocycles. The van der Waals surface area contributed by atoms with Gasteiger partial charge < -0.3 is 14.6 Å². The zero-order valence-electron chi connectivity index (χ0n) is 14.4. The molecule has 2 aromatic rings. The molecular formula is C20H25NO3. The van der Waals surface area contributed by atoms with E-state index in [1.54, 1.807) is 14.2 Å². The molecule has 128 valence electrons. The zero-order chi connectivity index (χ0) is 17.0. The second kappa shape index (κ2) is 7.24. The van der Waals surface area contributed by atoms with E-state index in [-0.39, 0.29) is 0 Å². The zero-order valence-corrected chi connectivity index (χ0v) is 14.4. The summed E-state index contributed by atoms with van der Waals surface area (Å²) in [5.41, 5.74) is 1.34. The summed E-state index contributed by atoms with van der Waals surface area (Å²) in [6, 6.07) is 15.9. The number of ether oxygens (including phenoxy) is 2. The van der Waals surface area contributed by atoms with Crippen LogP contribution >= 0.6 is 0 Å². The maximum Gasteiger partial charge on any atom is 0.119 e. The van der Waals surface area contributed by atoms with E-state index in [0.29, 0.717) is 6.54 Å². The second-order valence-corrected chi connectivity index (χ2v) is 6.43. The van der Waals surface area contributed by atoms with Crippen LogP contribution in [-0.4, -0.2) is 37.3 Å². The number of benzene rings is 2. The summed E-state index contributed by atoms with van der Waals surface area (Å²) in [5, 5.41) is 11.2. The van der Waals surface area contributed by atoms with E-state index < -0.39 is 5.60 Å². The van der Waals surface area contributed by atoms with Gasteiger partial charge in [0.25, 0.3) is 0 Å². The van der Waals surface area contributed by atoms with Crippen LogP contribution in [0.5, 0.6) is 11.5 Å². The molecule has 1 unspecified atom stereocenters. The maximum absolute atomic E-state index is 11.2. The van der Waals surface area contributed by atoms with Crippen molar-refractivity contribution in [3.8, 4) is 11.5 Å². The first-order valence-electron chi connectivity index (χ1n) is 8.35. The minimum Gasteiger partial charge on any atom is -0.497 e. The lowest BCUT2D eigenvalue weighted by atomic mass is 9.85. The highest BCUT2D eigenvalue weighted by Crippen LogP contribution is 2.33. The Morgan fingerprint density at radius 1 is 1.04 bits per heavy atom. The Balaban J connectivity index is 1.72. The highest BCUT2D eigenvalue weighted by molar-refractivity contribution is 5.33. The van der Waals surface area contributed by atoms with E-state index in [9.17, 15) is 5.11 Å². The lowest BCUT2D eigenvalue weighted by Gasteiger charge is -2.39. The Labute approximate surface area is 143 Å². The molecule has 24 heavy (non-hydrogen) atoms. The molecule has 1 heterocycles. The summed E-state index contributed by atoms with van der Waals surface area (Å²) < 4.78 is 10.5. The van der Waals surface area contributed by atoms with Crippen LogP contribution in [0.1, 0.15) is 24.0 Å². The summed E-state index contributed by atoms with van der Waals surface area (Å²) in [6.45, 7) is 2.46. The van der Waals surface area contributed by atoms with Gasteiger partial charge in [-0.15, -0.1) is 0 Å². The van der Waals surface area contributed by atoms with Crippen LogP contribution in [0.4, 0.5) is 0 Å². The predicted molar refractivity (Wildman–Crippen MR) is 94.4 cm³/mol. The molecule has 1 N–H and O–H groups in total. The molecule has 0 bridgehead atoms. The summed E-state index contributed by atoms with van der Waals surface area (Å²) in [5.74, 6) is 1.65. The fourth-order valence-corrected chi connectivity index (χ4v) is 3.40. The van der Waals surface area contributed by atoms with Gasteiger partial charge in [-0.1, -0.05) is 24.3 Å². The number of piperidine rings is 1. The van der Waals surface area contributed by atoms with Crippen molar-refractivity contribution in [2.45, 2.75) is 25.0 Å². The third-order valence-corrected chi connectivity index (χ3v) is 4.72. The Hall–Kier alpha value is -2.04. The van der Waals surface area contributed by atoms with Gasteiger partial charge in [-0.3, -0.25) is 4.90 Å². The highest BCUT2D eigenvalue weighted by Gasteiger charge is 2.35. The molecule has 1 aliphatic heterocycles. The van der Waals surface area contributed by atoms with E-state index in [1.807, 2.05) is 36.4 Å². The van der Waals surface area contributed by atoms with Crippen LogP contribution in [0.15, 0.2) is 48.5 Å². The summed E-state index contributed by atoms with van der Waals surface area (Å²) in [6.07, 6.45) is 1.75. The van der Waals surface area contributed by atoms with Crippen molar-refractivity contribution in [3.63, 3.8) is 0 Å². The van der Waals surface area contributed by atoms with E-state index in [4.69, 9.17) is 9.47 Å². The van der Waals surface area contributed by atoms with Crippen molar-refractivity contribution in [2.75, 3.05) is 27.3 Å². The largest absolute Gasteiger partial charge is 0.497 e. The van der Waals surface area contributed by atoms with Crippen LogP contribution in [0.2, 0.25) is 0 Å². The van der Waals surface area contributed by atoms with E-state index in [2.05, 4.69) is 17.0 Å². The number of hydrogen-bond donors (Lipinski definition) is 1. The molecule has 1 fully saturated rings. The number of hydrogen-bond acceptors (Lipinski definition) is 4. The molecule has 0 radical (unpaired) electrons. The monoisotopic (exact) mass is 327 g/mol. The molecular weight excluding hydrogens is 302 g/mol. The first-order chi connectivity index (χ1) is 11.6. The number of β-amino-alcohol motifs (C(OH)–C–C–N with tert-alkyl or cyclic N) is 1. The van der Waals surface area contributed by atoms with Crippen LogP contribution in [-0.2, 0) is 12.1 Å². The summed E-state index contributed by atoms with van der Waals surface area (Å²) in [4.78, 5) is 2.31. The Morgan fingerprint density at radius 2 is 1.79 bits per heavy atom. The topological polar surface area (TPSA) is 41.9 Å². The van der Waals surface area contributed by atoms with Crippen molar-refractivity contribution in [2.24, 2.45) is 0 Å². The average Bonchev–Trinajstić information content (AvgIpc) is 2.62. The molecule has 2 aromatic carbocycles. The van der Waals surface area contributed by atoms with E-state index in [1.165, 1.54) is 5.56 Å². The predicted octanol–water partition coefficient (Wildman–Crippen LogP) is 3.19. The molecule has 4 heteroatoms. The van der Waals surface area contributed by atoms with Crippen LogP contribution < -0.4 is 9.47 Å². The molecule has 0 amide bonds. The van der Waals surface area contributed by atoms with Crippen LogP contribution in [0, 0.1) is 0 Å². The van der Waals surface area contributed by atoms with Gasteiger partial charge >= 0.3 is 0 Å². The number of aliphatic hydroxyl groups is 1. The lowest BCUT2D eigenvalue weighted by Crippen LogP contribution is -2.45. The van der Waals surface area contributed by atoms with Crippen LogP contribution in [0.25, 0.3) is 0 Å². The molecule has 0 aliphatic carbocycles. The number of methoxy groups -OCH3 is 2. The Kier molecular flexibility index (Phi) is 5.07. The minimum absolute atomic E-state index is 0.631. The van der Waals surface area contributed by atoms with Crippen molar-refractivity contribution < 1.29 is 14.6 Å². The number of rotatable bonds is 5. The molecule has 0 spiro atoms. The molecule has 1 atom stereocenters. The number of nitrogens with zero attached hydrogens (tertiary/aromatic N) is 1. The smallest absolute Gasteiger partial charge is 0.119 e. The second-order valence-electron chi connectivity index (χ2n) is 6.43. The van der Waals surface area contributed by atoms with Gasteiger partial charge in [0.15, 0.2) is 0 Å². The van der Waals surface area contributed by atoms with Crippen molar-refractivity contribution in [1.29, 1.82) is 0 Å².